The van der Waals surface area contributed by atoms with Crippen molar-refractivity contribution in [3.05, 3.63) is 142 Å². The highest BCUT2D eigenvalue weighted by Crippen LogP contribution is 2.45. The molecule has 0 fully saturated rings. The maximum absolute atomic E-state index is 13.4. The molecule has 58 heavy (non-hydrogen) atoms. The van der Waals surface area contributed by atoms with E-state index in [0.29, 0.717) is 0 Å². The predicted molar refractivity (Wildman–Crippen MR) is 244 cm³/mol. The van der Waals surface area contributed by atoms with Crippen molar-refractivity contribution in [2.75, 3.05) is 0 Å². The van der Waals surface area contributed by atoms with Crippen LogP contribution >= 0.6 is 22.7 Å². The van der Waals surface area contributed by atoms with Crippen molar-refractivity contribution in [2.45, 2.75) is 83.1 Å². The third-order valence-corrected chi connectivity index (χ3v) is 11.9. The Balaban J connectivity index is 1.37. The van der Waals surface area contributed by atoms with Crippen molar-refractivity contribution in [2.24, 2.45) is 42.1 Å². The second kappa shape index (κ2) is 16.2. The third-order valence-electron chi connectivity index (χ3n) is 10.1. The highest BCUT2D eigenvalue weighted by molar-refractivity contribution is 7.14. The van der Waals surface area contributed by atoms with E-state index in [0.717, 1.165) is 76.8 Å². The van der Waals surface area contributed by atoms with Crippen molar-refractivity contribution in [1.29, 1.82) is 0 Å². The Morgan fingerprint density at radius 2 is 0.776 bits per heavy atom. The molecule has 0 saturated carbocycles. The summed E-state index contributed by atoms with van der Waals surface area (Å²) < 4.78 is 0. The zero-order valence-electron chi connectivity index (χ0n) is 35.8. The van der Waals surface area contributed by atoms with E-state index in [1.807, 2.05) is 36.4 Å². The Bertz CT molecular complexity index is 2240. The Kier molecular flexibility index (Phi) is 11.9. The molecule has 0 amide bonds. The minimum absolute atomic E-state index is 0.0954. The van der Waals surface area contributed by atoms with Gasteiger partial charge < -0.3 is 0 Å². The summed E-state index contributed by atoms with van der Waals surface area (Å²) in [7, 11) is 0. The number of allylic oxidation sites excluding steroid dienone is 10. The largest absolute Gasteiger partial charge is 0.289 e. The van der Waals surface area contributed by atoms with Crippen molar-refractivity contribution >= 4 is 45.6 Å². The first-order valence-corrected chi connectivity index (χ1v) is 21.4. The molecule has 2 aromatic carbocycles. The van der Waals surface area contributed by atoms with Gasteiger partial charge in [0.05, 0.1) is 23.8 Å². The average molecular weight is 807 g/mol. The lowest BCUT2D eigenvalue weighted by Crippen LogP contribution is -2.27. The molecule has 6 rings (SSSR count). The molecule has 0 bridgehead atoms. The summed E-state index contributed by atoms with van der Waals surface area (Å²) in [6.07, 6.45) is 11.3. The minimum atomic E-state index is -0.302. The van der Waals surface area contributed by atoms with E-state index in [1.54, 1.807) is 35.1 Å². The number of Topliss-reactive ketones (excluding diaryl/α,β-unsaturated/α-hetero) is 2. The lowest BCUT2D eigenvalue weighted by molar-refractivity contribution is -0.114. The number of azo groups is 2. The number of hydrogen-bond donors (Lipinski definition) is 0. The van der Waals surface area contributed by atoms with Gasteiger partial charge >= 0.3 is 0 Å². The first kappa shape index (κ1) is 42.4. The molecule has 0 saturated heterocycles. The van der Waals surface area contributed by atoms with Crippen molar-refractivity contribution < 1.29 is 9.59 Å². The van der Waals surface area contributed by atoms with E-state index in [2.05, 4.69) is 163 Å². The van der Waals surface area contributed by atoms with Crippen molar-refractivity contribution in [3.8, 4) is 32.0 Å². The summed E-state index contributed by atoms with van der Waals surface area (Å²) in [6, 6.07) is 20.8. The molecule has 2 aliphatic rings. The fraction of sp³-hybridized carbons (Fsp3) is 0.320. The Morgan fingerprint density at radius 1 is 0.448 bits per heavy atom. The summed E-state index contributed by atoms with van der Waals surface area (Å²) >= 11 is 3.36. The Hall–Kier alpha value is -5.18. The van der Waals surface area contributed by atoms with Crippen LogP contribution in [0.25, 0.3) is 32.0 Å². The van der Waals surface area contributed by atoms with Crippen LogP contribution in [0.15, 0.2) is 162 Å². The van der Waals surface area contributed by atoms with Gasteiger partial charge in [-0.2, -0.15) is 20.5 Å². The molecule has 2 aliphatic carbocycles. The van der Waals surface area contributed by atoms with Crippen LogP contribution in [0.5, 0.6) is 0 Å². The minimum Gasteiger partial charge on any atom is -0.289 e. The monoisotopic (exact) mass is 806 g/mol. The van der Waals surface area contributed by atoms with Gasteiger partial charge in [0.15, 0.2) is 11.6 Å². The first-order valence-electron chi connectivity index (χ1n) is 19.7. The molecule has 0 radical (unpaired) electrons. The lowest BCUT2D eigenvalue weighted by Gasteiger charge is -2.31. The highest BCUT2D eigenvalue weighted by atomic mass is 32.1. The fourth-order valence-corrected chi connectivity index (χ4v) is 8.45. The molecule has 0 N–H and O–H groups in total. The van der Waals surface area contributed by atoms with E-state index in [9.17, 15) is 9.59 Å². The fourth-order valence-electron chi connectivity index (χ4n) is 6.93. The Morgan fingerprint density at radius 3 is 1.05 bits per heavy atom. The van der Waals surface area contributed by atoms with Crippen LogP contribution in [0.4, 0.5) is 11.4 Å². The normalized spacial score (nSPS) is 15.9. The molecule has 4 aromatic rings. The van der Waals surface area contributed by atoms with Gasteiger partial charge in [-0.3, -0.25) is 9.59 Å². The molecular formula is C50H54N4O2S2. The maximum Gasteiger partial charge on any atom is 0.186 e. The van der Waals surface area contributed by atoms with Gasteiger partial charge in [0, 0.05) is 43.2 Å². The average Bonchev–Trinajstić information content (AvgIpc) is 3.87. The number of nitrogens with zero attached hydrogens (tertiary/aromatic N) is 4. The first-order chi connectivity index (χ1) is 27.1. The van der Waals surface area contributed by atoms with Gasteiger partial charge in [0.1, 0.15) is 0 Å². The molecule has 0 unspecified atom stereocenters. The zero-order valence-corrected chi connectivity index (χ0v) is 37.4. The molecular weight excluding hydrogens is 753 g/mol. The van der Waals surface area contributed by atoms with Crippen LogP contribution in [-0.4, -0.2) is 11.6 Å². The summed E-state index contributed by atoms with van der Waals surface area (Å²) in [5.74, 6) is 0.191. The maximum atomic E-state index is 13.4. The smallest absolute Gasteiger partial charge is 0.186 e. The quantitative estimate of drug-likeness (QED) is 0.174. The van der Waals surface area contributed by atoms with E-state index < -0.39 is 0 Å². The lowest BCUT2D eigenvalue weighted by atomic mass is 9.72. The predicted octanol–water partition coefficient (Wildman–Crippen LogP) is 15.8. The van der Waals surface area contributed by atoms with Crippen LogP contribution < -0.4 is 0 Å². The van der Waals surface area contributed by atoms with Crippen LogP contribution in [0.2, 0.25) is 0 Å². The second-order valence-electron chi connectivity index (χ2n) is 19.0. The van der Waals surface area contributed by atoms with E-state index in [1.165, 1.54) is 0 Å². The van der Waals surface area contributed by atoms with Crippen molar-refractivity contribution in [3.63, 3.8) is 0 Å². The summed E-state index contributed by atoms with van der Waals surface area (Å²) in [4.78, 5) is 29.1. The highest BCUT2D eigenvalue weighted by Gasteiger charge is 2.35. The van der Waals surface area contributed by atoms with Crippen LogP contribution in [0.1, 0.15) is 83.1 Å². The standard InChI is InChI=1S/C50H54N4O2S2/c1-47(2,3)39-23-31(24-40(45(39)55)48(4,5)6)29-51-53-33-17-19-35(37(27-33)43-15-13-21-57-43)36-20-18-34(28-38(36)44-16-14-22-58-44)54-52-30-32-25-41(49(7,8)9)46(56)42(26-32)50(10,11)12/h13-30H,1-12H3. The summed E-state index contributed by atoms with van der Waals surface area (Å²) in [5.41, 5.74) is 9.31. The van der Waals surface area contributed by atoms with Gasteiger partial charge in [-0.15, -0.1) is 22.7 Å². The third kappa shape index (κ3) is 9.57. The molecule has 6 nitrogen and oxygen atoms in total. The van der Waals surface area contributed by atoms with Crippen LogP contribution in [0.3, 0.4) is 0 Å². The Labute approximate surface area is 352 Å². The summed E-state index contributed by atoms with van der Waals surface area (Å²) in [5, 5.41) is 22.5. The number of thiophene rings is 2. The number of carbonyl (C=O) groups excluding carboxylic acids is 2. The number of benzene rings is 2. The topological polar surface area (TPSA) is 83.6 Å². The van der Waals surface area contributed by atoms with Crippen molar-refractivity contribution in [1.82, 2.24) is 0 Å². The molecule has 0 atom stereocenters. The molecule has 2 aromatic heterocycles. The van der Waals surface area contributed by atoms with Gasteiger partial charge in [-0.05, 0) is 115 Å². The SMILES string of the molecule is CC(C)(C)C1=CC(=CN=Nc2ccc(-c3ccc(N=NC=C4C=C(C(C)(C)C)C(=O)C(C(C)(C)C)=C4)cc3-c3cccs3)c(-c3cccs3)c2)C=C(C(C)(C)C)C1=O. The molecule has 0 aliphatic heterocycles. The van der Waals surface area contributed by atoms with Gasteiger partial charge in [0.25, 0.3) is 0 Å². The van der Waals surface area contributed by atoms with E-state index in [-0.39, 0.29) is 33.2 Å². The molecule has 298 valence electrons. The van der Waals surface area contributed by atoms with Gasteiger partial charge in [0.2, 0.25) is 0 Å². The number of ketones is 2. The van der Waals surface area contributed by atoms with Gasteiger partial charge in [-0.25, -0.2) is 0 Å². The van der Waals surface area contributed by atoms with E-state index >= 15 is 0 Å². The molecule has 2 heterocycles. The summed E-state index contributed by atoms with van der Waals surface area (Å²) in [6.45, 7) is 24.8. The zero-order chi connectivity index (χ0) is 42.2. The molecule has 8 heteroatoms. The van der Waals surface area contributed by atoms with E-state index in [4.69, 9.17) is 0 Å². The molecule has 0 spiro atoms. The number of hydrogen-bond acceptors (Lipinski definition) is 8. The van der Waals surface area contributed by atoms with Crippen LogP contribution in [0, 0.1) is 21.7 Å². The van der Waals surface area contributed by atoms with Crippen LogP contribution in [-0.2, 0) is 9.59 Å². The number of carbonyl (C=O) groups is 2. The number of rotatable bonds is 7. The van der Waals surface area contributed by atoms with Gasteiger partial charge in [-0.1, -0.05) is 107 Å². The second-order valence-corrected chi connectivity index (χ2v) is 20.9.